The molecule has 106 valence electrons. The van der Waals surface area contributed by atoms with Crippen LogP contribution in [0, 0.1) is 5.92 Å². The van der Waals surface area contributed by atoms with Crippen LogP contribution in [-0.4, -0.2) is 31.4 Å². The summed E-state index contributed by atoms with van der Waals surface area (Å²) in [7, 11) is 1.33. The van der Waals surface area contributed by atoms with E-state index in [-0.39, 0.29) is 18.5 Å². The van der Waals surface area contributed by atoms with E-state index in [0.717, 1.165) is 6.42 Å². The number of hydrogen-bond donors (Lipinski definition) is 1. The molecule has 0 aromatic heterocycles. The van der Waals surface area contributed by atoms with Gasteiger partial charge in [-0.25, -0.2) is 4.79 Å². The van der Waals surface area contributed by atoms with E-state index in [1.807, 2.05) is 6.92 Å². The number of ether oxygens (including phenoxy) is 2. The number of amides is 1. The Morgan fingerprint density at radius 2 is 1.89 bits per heavy atom. The van der Waals surface area contributed by atoms with Crippen LogP contribution >= 0.6 is 0 Å². The molecule has 0 aliphatic rings. The highest BCUT2D eigenvalue weighted by Gasteiger charge is 2.20. The highest BCUT2D eigenvalue weighted by molar-refractivity contribution is 5.72. The van der Waals surface area contributed by atoms with Gasteiger partial charge in [0.1, 0.15) is 5.60 Å². The largest absolute Gasteiger partial charge is 0.469 e. The van der Waals surface area contributed by atoms with E-state index in [4.69, 9.17) is 9.57 Å². The maximum atomic E-state index is 11.4. The molecule has 1 amide bonds. The van der Waals surface area contributed by atoms with Gasteiger partial charge in [0.15, 0.2) is 0 Å². The summed E-state index contributed by atoms with van der Waals surface area (Å²) in [4.78, 5) is 27.6. The van der Waals surface area contributed by atoms with Crippen molar-refractivity contribution in [2.45, 2.75) is 46.1 Å². The van der Waals surface area contributed by atoms with Crippen LogP contribution in [0.2, 0.25) is 0 Å². The third kappa shape index (κ3) is 7.89. The van der Waals surface area contributed by atoms with Gasteiger partial charge in [-0.05, 0) is 27.2 Å². The number of carbonyl (C=O) groups is 2. The molecular formula is C12H23NO5. The molecule has 6 nitrogen and oxygen atoms in total. The highest BCUT2D eigenvalue weighted by atomic mass is 16.7. The van der Waals surface area contributed by atoms with Crippen molar-refractivity contribution in [1.82, 2.24) is 5.48 Å². The Kier molecular flexibility index (Phi) is 7.35. The second-order valence-corrected chi connectivity index (χ2v) is 4.92. The van der Waals surface area contributed by atoms with Crippen molar-refractivity contribution < 1.29 is 23.9 Å². The maximum Gasteiger partial charge on any atom is 0.431 e. The van der Waals surface area contributed by atoms with Gasteiger partial charge in [0.2, 0.25) is 0 Å². The van der Waals surface area contributed by atoms with Crippen LogP contribution in [0.4, 0.5) is 4.79 Å². The lowest BCUT2D eigenvalue weighted by atomic mass is 10.1. The quantitative estimate of drug-likeness (QED) is 0.585. The number of nitrogens with one attached hydrogen (secondary N) is 1. The molecule has 0 rings (SSSR count). The molecule has 0 heterocycles. The van der Waals surface area contributed by atoms with Crippen LogP contribution in [0.5, 0.6) is 0 Å². The average Bonchev–Trinajstić information content (AvgIpc) is 2.24. The standard InChI is InChI=1S/C12H23NO5/c1-6-7-9(10(14)16-5)8-17-13-11(15)18-12(2,3)4/h9H,6-8H2,1-5H3,(H,13,15). The Morgan fingerprint density at radius 1 is 1.28 bits per heavy atom. The number of methoxy groups -OCH3 is 1. The monoisotopic (exact) mass is 261 g/mol. The van der Waals surface area contributed by atoms with Crippen molar-refractivity contribution in [3.05, 3.63) is 0 Å². The van der Waals surface area contributed by atoms with Crippen LogP contribution in [0.15, 0.2) is 0 Å². The van der Waals surface area contributed by atoms with Gasteiger partial charge in [-0.15, -0.1) is 0 Å². The second-order valence-electron chi connectivity index (χ2n) is 4.92. The van der Waals surface area contributed by atoms with E-state index in [9.17, 15) is 9.59 Å². The number of hydrogen-bond acceptors (Lipinski definition) is 5. The van der Waals surface area contributed by atoms with Crippen molar-refractivity contribution >= 4 is 12.1 Å². The van der Waals surface area contributed by atoms with Crippen LogP contribution in [0.1, 0.15) is 40.5 Å². The molecule has 1 N–H and O–H groups in total. The van der Waals surface area contributed by atoms with Crippen LogP contribution < -0.4 is 5.48 Å². The molecule has 0 aliphatic heterocycles. The minimum absolute atomic E-state index is 0.0692. The van der Waals surface area contributed by atoms with E-state index in [2.05, 4.69) is 10.2 Å². The number of rotatable bonds is 6. The third-order valence-electron chi connectivity index (χ3n) is 2.01. The molecule has 0 fully saturated rings. The normalized spacial score (nSPS) is 12.7. The zero-order chi connectivity index (χ0) is 14.2. The molecule has 0 saturated carbocycles. The molecule has 0 aromatic carbocycles. The number of carbonyl (C=O) groups excluding carboxylic acids is 2. The lowest BCUT2D eigenvalue weighted by Crippen LogP contribution is -2.34. The average molecular weight is 261 g/mol. The van der Waals surface area contributed by atoms with Crippen LogP contribution in [0.3, 0.4) is 0 Å². The Morgan fingerprint density at radius 3 is 2.33 bits per heavy atom. The van der Waals surface area contributed by atoms with Gasteiger partial charge in [-0.2, -0.15) is 5.48 Å². The van der Waals surface area contributed by atoms with Crippen molar-refractivity contribution in [3.63, 3.8) is 0 Å². The fourth-order valence-electron chi connectivity index (χ4n) is 1.28. The fourth-order valence-corrected chi connectivity index (χ4v) is 1.28. The molecule has 0 aliphatic carbocycles. The molecule has 0 aromatic rings. The summed E-state index contributed by atoms with van der Waals surface area (Å²) < 4.78 is 9.62. The van der Waals surface area contributed by atoms with Gasteiger partial charge in [0, 0.05) is 0 Å². The third-order valence-corrected chi connectivity index (χ3v) is 2.01. The van der Waals surface area contributed by atoms with E-state index in [1.165, 1.54) is 7.11 Å². The van der Waals surface area contributed by atoms with Gasteiger partial charge in [-0.3, -0.25) is 9.63 Å². The van der Waals surface area contributed by atoms with Crippen LogP contribution in [-0.2, 0) is 19.1 Å². The first-order valence-corrected chi connectivity index (χ1v) is 5.98. The van der Waals surface area contributed by atoms with E-state index in [1.54, 1.807) is 20.8 Å². The van der Waals surface area contributed by atoms with Crippen molar-refractivity contribution in [2.75, 3.05) is 13.7 Å². The molecule has 1 atom stereocenters. The van der Waals surface area contributed by atoms with Gasteiger partial charge in [0.25, 0.3) is 0 Å². The Labute approximate surface area is 108 Å². The Bertz CT molecular complexity index is 272. The first-order chi connectivity index (χ1) is 8.30. The number of esters is 1. The van der Waals surface area contributed by atoms with Gasteiger partial charge in [-0.1, -0.05) is 13.3 Å². The molecule has 0 saturated heterocycles. The SMILES string of the molecule is CCCC(CONC(=O)OC(C)(C)C)C(=O)OC. The smallest absolute Gasteiger partial charge is 0.431 e. The highest BCUT2D eigenvalue weighted by Crippen LogP contribution is 2.09. The molecule has 0 radical (unpaired) electrons. The lowest BCUT2D eigenvalue weighted by molar-refractivity contribution is -0.149. The molecular weight excluding hydrogens is 238 g/mol. The van der Waals surface area contributed by atoms with Gasteiger partial charge >= 0.3 is 12.1 Å². The maximum absolute atomic E-state index is 11.4. The zero-order valence-electron chi connectivity index (χ0n) is 11.7. The lowest BCUT2D eigenvalue weighted by Gasteiger charge is -2.20. The molecule has 6 heteroatoms. The Hall–Kier alpha value is -1.30. The van der Waals surface area contributed by atoms with Gasteiger partial charge in [0.05, 0.1) is 19.6 Å². The summed E-state index contributed by atoms with van der Waals surface area (Å²) >= 11 is 0. The molecule has 0 bridgehead atoms. The first kappa shape index (κ1) is 16.7. The minimum atomic E-state index is -0.678. The summed E-state index contributed by atoms with van der Waals surface area (Å²) in [6.07, 6.45) is 0.792. The van der Waals surface area contributed by atoms with Crippen LogP contribution in [0.25, 0.3) is 0 Å². The summed E-state index contributed by atoms with van der Waals surface area (Å²) in [6.45, 7) is 7.28. The van der Waals surface area contributed by atoms with E-state index < -0.39 is 11.7 Å². The minimum Gasteiger partial charge on any atom is -0.469 e. The number of hydroxylamine groups is 1. The summed E-state index contributed by atoms with van der Waals surface area (Å²) in [5.74, 6) is -0.724. The molecule has 1 unspecified atom stereocenters. The second kappa shape index (κ2) is 7.92. The molecule has 0 spiro atoms. The summed E-state index contributed by atoms with van der Waals surface area (Å²) in [5, 5.41) is 0. The predicted molar refractivity (Wildman–Crippen MR) is 65.7 cm³/mol. The fraction of sp³-hybridized carbons (Fsp3) is 0.833. The predicted octanol–water partition coefficient (Wildman–Crippen LogP) is 2.03. The zero-order valence-corrected chi connectivity index (χ0v) is 11.7. The Balaban J connectivity index is 3.99. The van der Waals surface area contributed by atoms with Gasteiger partial charge < -0.3 is 9.47 Å². The van der Waals surface area contributed by atoms with E-state index >= 15 is 0 Å². The first-order valence-electron chi connectivity index (χ1n) is 5.98. The topological polar surface area (TPSA) is 73.9 Å². The van der Waals surface area contributed by atoms with E-state index in [0.29, 0.717) is 6.42 Å². The van der Waals surface area contributed by atoms with Crippen molar-refractivity contribution in [1.29, 1.82) is 0 Å². The molecule has 18 heavy (non-hydrogen) atoms. The van der Waals surface area contributed by atoms with Crippen molar-refractivity contribution in [3.8, 4) is 0 Å². The summed E-state index contributed by atoms with van der Waals surface area (Å²) in [5.41, 5.74) is 1.55. The van der Waals surface area contributed by atoms with Crippen molar-refractivity contribution in [2.24, 2.45) is 5.92 Å². The summed E-state index contributed by atoms with van der Waals surface area (Å²) in [6, 6.07) is 0.